The zero-order valence-corrected chi connectivity index (χ0v) is 21.7. The number of amides is 1. The first kappa shape index (κ1) is 26.0. The largest absolute Gasteiger partial charge is 0.433 e. The highest BCUT2D eigenvalue weighted by Gasteiger charge is 2.35. The van der Waals surface area contributed by atoms with Crippen LogP contribution in [0.1, 0.15) is 27.4 Å². The van der Waals surface area contributed by atoms with Gasteiger partial charge in [0.1, 0.15) is 0 Å². The predicted molar refractivity (Wildman–Crippen MR) is 139 cm³/mol. The Morgan fingerprint density at radius 3 is 2.34 bits per heavy atom. The summed E-state index contributed by atoms with van der Waals surface area (Å²) in [6.45, 7) is 2.10. The van der Waals surface area contributed by atoms with Crippen molar-refractivity contribution in [3.05, 3.63) is 98.4 Å². The summed E-state index contributed by atoms with van der Waals surface area (Å²) in [5, 5.41) is 12.2. The van der Waals surface area contributed by atoms with Crippen molar-refractivity contribution in [2.24, 2.45) is 0 Å². The molecular formula is C25H16Cl3F3N6O. The van der Waals surface area contributed by atoms with Gasteiger partial charge in [-0.05, 0) is 42.8 Å². The molecule has 5 aromatic rings. The normalized spacial score (nSPS) is 11.8. The lowest BCUT2D eigenvalue weighted by atomic mass is 10.1. The summed E-state index contributed by atoms with van der Waals surface area (Å²) in [6.07, 6.45) is -4.75. The molecule has 194 valence electrons. The van der Waals surface area contributed by atoms with Crippen LogP contribution in [0.3, 0.4) is 0 Å². The van der Waals surface area contributed by atoms with E-state index in [1.54, 1.807) is 60.1 Å². The molecule has 3 heterocycles. The lowest BCUT2D eigenvalue weighted by Crippen LogP contribution is -2.16. The van der Waals surface area contributed by atoms with Crippen molar-refractivity contribution in [3.63, 3.8) is 0 Å². The van der Waals surface area contributed by atoms with Crippen molar-refractivity contribution in [2.75, 3.05) is 5.32 Å². The van der Waals surface area contributed by atoms with Gasteiger partial charge in [0, 0.05) is 38.5 Å². The number of benzene rings is 2. The van der Waals surface area contributed by atoms with Crippen LogP contribution in [-0.2, 0) is 12.7 Å². The van der Waals surface area contributed by atoms with Crippen LogP contribution in [0.4, 0.5) is 19.0 Å². The minimum atomic E-state index is -4.75. The Bertz CT molecular complexity index is 1680. The van der Waals surface area contributed by atoms with Crippen molar-refractivity contribution in [2.45, 2.75) is 19.6 Å². The molecule has 2 aromatic carbocycles. The van der Waals surface area contributed by atoms with E-state index in [-0.39, 0.29) is 22.9 Å². The van der Waals surface area contributed by atoms with Crippen LogP contribution in [0, 0.1) is 6.92 Å². The van der Waals surface area contributed by atoms with E-state index in [0.717, 1.165) is 17.3 Å². The monoisotopic (exact) mass is 578 g/mol. The molecule has 7 nitrogen and oxygen atoms in total. The Balaban J connectivity index is 1.44. The summed E-state index contributed by atoms with van der Waals surface area (Å²) < 4.78 is 43.8. The van der Waals surface area contributed by atoms with E-state index in [9.17, 15) is 18.0 Å². The van der Waals surface area contributed by atoms with E-state index < -0.39 is 17.8 Å². The first-order valence-electron chi connectivity index (χ1n) is 11.0. The third kappa shape index (κ3) is 5.33. The molecule has 0 aliphatic heterocycles. The molecule has 0 unspecified atom stereocenters. The fraction of sp³-hybridized carbons (Fsp3) is 0.120. The zero-order valence-electron chi connectivity index (χ0n) is 19.4. The first-order chi connectivity index (χ1) is 18.0. The summed E-state index contributed by atoms with van der Waals surface area (Å²) >= 11 is 18.1. The highest BCUT2D eigenvalue weighted by Crippen LogP contribution is 2.33. The van der Waals surface area contributed by atoms with Crippen LogP contribution in [0.15, 0.2) is 60.7 Å². The quantitative estimate of drug-likeness (QED) is 0.239. The number of carbonyl (C=O) groups is 1. The van der Waals surface area contributed by atoms with E-state index >= 15 is 0 Å². The summed E-state index contributed by atoms with van der Waals surface area (Å²) in [5.74, 6) is -0.550. The van der Waals surface area contributed by atoms with E-state index in [1.165, 1.54) is 6.07 Å². The standard InChI is InChI=1S/C25H16Cl3F3N6O/c1-13-8-22(35-36(13)12-15-4-7-17(27)9-18(15)28)33-24(38)20-11-23-32-19(14-2-5-16(26)6-3-14)10-21(25(29,30)31)37(23)34-20/h2-11H,12H2,1H3,(H,33,35,38). The molecule has 0 saturated carbocycles. The smallest absolute Gasteiger partial charge is 0.304 e. The molecule has 0 aliphatic rings. The number of nitrogens with zero attached hydrogens (tertiary/aromatic N) is 5. The maximum atomic E-state index is 13.9. The molecule has 1 amide bonds. The Morgan fingerprint density at radius 1 is 0.947 bits per heavy atom. The molecule has 0 atom stereocenters. The molecule has 1 N–H and O–H groups in total. The number of hydrogen-bond acceptors (Lipinski definition) is 4. The van der Waals surface area contributed by atoms with Crippen molar-refractivity contribution >= 4 is 52.2 Å². The van der Waals surface area contributed by atoms with Gasteiger partial charge in [0.05, 0.1) is 12.2 Å². The van der Waals surface area contributed by atoms with Gasteiger partial charge in [-0.25, -0.2) is 9.50 Å². The van der Waals surface area contributed by atoms with Crippen LogP contribution >= 0.6 is 34.8 Å². The molecule has 0 aliphatic carbocycles. The topological polar surface area (TPSA) is 77.1 Å². The van der Waals surface area contributed by atoms with Crippen LogP contribution in [0.2, 0.25) is 15.1 Å². The number of halogens is 6. The lowest BCUT2D eigenvalue weighted by Gasteiger charge is -2.11. The van der Waals surface area contributed by atoms with Gasteiger partial charge in [-0.2, -0.15) is 23.4 Å². The predicted octanol–water partition coefficient (Wildman–Crippen LogP) is 7.18. The van der Waals surface area contributed by atoms with E-state index in [2.05, 4.69) is 20.5 Å². The molecular weight excluding hydrogens is 564 g/mol. The number of anilines is 1. The van der Waals surface area contributed by atoms with Gasteiger partial charge in [-0.15, -0.1) is 0 Å². The first-order valence-corrected chi connectivity index (χ1v) is 12.1. The second-order valence-electron chi connectivity index (χ2n) is 8.35. The van der Waals surface area contributed by atoms with Crippen molar-refractivity contribution in [1.29, 1.82) is 0 Å². The molecule has 5 rings (SSSR count). The summed E-state index contributed by atoms with van der Waals surface area (Å²) in [7, 11) is 0. The number of nitrogens with one attached hydrogen (secondary N) is 1. The zero-order chi connectivity index (χ0) is 27.2. The maximum Gasteiger partial charge on any atom is 0.433 e. The van der Waals surface area contributed by atoms with Crippen LogP contribution in [0.5, 0.6) is 0 Å². The Morgan fingerprint density at radius 2 is 1.66 bits per heavy atom. The van der Waals surface area contributed by atoms with E-state index in [0.29, 0.717) is 31.7 Å². The molecule has 0 radical (unpaired) electrons. The van der Waals surface area contributed by atoms with Crippen molar-refractivity contribution in [3.8, 4) is 11.3 Å². The van der Waals surface area contributed by atoms with Crippen molar-refractivity contribution < 1.29 is 18.0 Å². The molecule has 0 saturated heterocycles. The number of fused-ring (bicyclic) bond motifs is 1. The van der Waals surface area contributed by atoms with Gasteiger partial charge < -0.3 is 5.32 Å². The third-order valence-electron chi connectivity index (χ3n) is 5.65. The number of alkyl halides is 3. The Kier molecular flexibility index (Phi) is 6.81. The van der Waals surface area contributed by atoms with Gasteiger partial charge in [0.2, 0.25) is 0 Å². The second-order valence-corrected chi connectivity index (χ2v) is 9.63. The minimum Gasteiger partial charge on any atom is -0.304 e. The summed E-state index contributed by atoms with van der Waals surface area (Å²) in [4.78, 5) is 17.2. The van der Waals surface area contributed by atoms with Gasteiger partial charge in [0.25, 0.3) is 5.91 Å². The second kappa shape index (κ2) is 9.94. The molecule has 3 aromatic heterocycles. The Hall–Kier alpha value is -3.60. The summed E-state index contributed by atoms with van der Waals surface area (Å²) in [6, 6.07) is 15.0. The van der Waals surface area contributed by atoms with E-state index in [1.807, 2.05) is 0 Å². The van der Waals surface area contributed by atoms with Gasteiger partial charge >= 0.3 is 6.18 Å². The third-order valence-corrected chi connectivity index (χ3v) is 6.49. The fourth-order valence-electron chi connectivity index (χ4n) is 3.78. The number of carbonyl (C=O) groups excluding carboxylic acids is 1. The van der Waals surface area contributed by atoms with Crippen LogP contribution < -0.4 is 5.32 Å². The lowest BCUT2D eigenvalue weighted by molar-refractivity contribution is -0.142. The van der Waals surface area contributed by atoms with Crippen LogP contribution in [0.25, 0.3) is 16.9 Å². The number of hydrogen-bond donors (Lipinski definition) is 1. The Labute approximate surface area is 228 Å². The van der Waals surface area contributed by atoms with Crippen LogP contribution in [-0.4, -0.2) is 30.3 Å². The fourth-order valence-corrected chi connectivity index (χ4v) is 4.37. The van der Waals surface area contributed by atoms with Crippen molar-refractivity contribution in [1.82, 2.24) is 24.4 Å². The highest BCUT2D eigenvalue weighted by molar-refractivity contribution is 6.35. The van der Waals surface area contributed by atoms with Gasteiger partial charge in [0.15, 0.2) is 22.9 Å². The SMILES string of the molecule is Cc1cc(NC(=O)c2cc3nc(-c4ccc(Cl)cc4)cc(C(F)(F)F)n3n2)nn1Cc1ccc(Cl)cc1Cl. The number of aryl methyl sites for hydroxylation is 1. The van der Waals surface area contributed by atoms with Gasteiger partial charge in [-0.3, -0.25) is 9.48 Å². The number of rotatable bonds is 5. The van der Waals surface area contributed by atoms with E-state index in [4.69, 9.17) is 34.8 Å². The molecule has 0 spiro atoms. The molecule has 13 heteroatoms. The average Bonchev–Trinajstić information content (AvgIpc) is 3.43. The maximum absolute atomic E-state index is 13.9. The number of aromatic nitrogens is 5. The molecule has 0 bridgehead atoms. The van der Waals surface area contributed by atoms with Gasteiger partial charge in [-0.1, -0.05) is 53.0 Å². The highest BCUT2D eigenvalue weighted by atomic mass is 35.5. The average molecular weight is 580 g/mol. The molecule has 0 fully saturated rings. The molecule has 38 heavy (non-hydrogen) atoms. The summed E-state index contributed by atoms with van der Waals surface area (Å²) in [5.41, 5.74) is 0.488. The minimum absolute atomic E-state index is 0.0589.